The summed E-state index contributed by atoms with van der Waals surface area (Å²) in [7, 11) is 0. The van der Waals surface area contributed by atoms with Crippen molar-refractivity contribution in [3.05, 3.63) is 40.8 Å². The number of aromatic nitrogens is 1. The molecule has 0 aliphatic carbocycles. The van der Waals surface area contributed by atoms with Crippen LogP contribution >= 0.6 is 0 Å². The molecule has 5 heteroatoms. The Labute approximate surface area is 109 Å². The molecule has 1 aromatic heterocycles. The average molecular weight is 268 g/mol. The van der Waals surface area contributed by atoms with Crippen LogP contribution in [0.2, 0.25) is 0 Å². The first-order valence-corrected chi connectivity index (χ1v) is 6.18. The van der Waals surface area contributed by atoms with E-state index in [1.54, 1.807) is 13.0 Å². The Kier molecular flexibility index (Phi) is 4.04. The topological polar surface area (TPSA) is 38.9 Å². The number of hydrogen-bond donors (Lipinski definition) is 1. The summed E-state index contributed by atoms with van der Waals surface area (Å²) in [5, 5.41) is 0.332. The van der Waals surface area contributed by atoms with Gasteiger partial charge in [0.15, 0.2) is 17.5 Å². The van der Waals surface area contributed by atoms with Crippen LogP contribution in [0.3, 0.4) is 0 Å². The van der Waals surface area contributed by atoms with E-state index in [0.717, 1.165) is 24.5 Å². The fourth-order valence-corrected chi connectivity index (χ4v) is 2.14. The highest BCUT2D eigenvalue weighted by atomic mass is 19.2. The summed E-state index contributed by atoms with van der Waals surface area (Å²) in [6.45, 7) is 2.27. The lowest BCUT2D eigenvalue weighted by Crippen LogP contribution is -2.02. The summed E-state index contributed by atoms with van der Waals surface area (Å²) >= 11 is 0. The van der Waals surface area contributed by atoms with Gasteiger partial charge < -0.3 is 5.73 Å². The number of unbranched alkanes of at least 4 members (excludes halogenated alkanes) is 1. The third kappa shape index (κ3) is 2.71. The van der Waals surface area contributed by atoms with Crippen molar-refractivity contribution >= 4 is 10.9 Å². The lowest BCUT2D eigenvalue weighted by molar-refractivity contribution is 0.452. The fraction of sp³-hybridized carbons (Fsp3) is 0.357. The van der Waals surface area contributed by atoms with Gasteiger partial charge in [0.1, 0.15) is 5.52 Å². The largest absolute Gasteiger partial charge is 0.330 e. The number of rotatable bonds is 4. The summed E-state index contributed by atoms with van der Waals surface area (Å²) in [6.07, 6.45) is 2.28. The molecule has 2 nitrogen and oxygen atoms in total. The number of pyridine rings is 1. The molecule has 0 radical (unpaired) electrons. The molecule has 0 spiro atoms. The van der Waals surface area contributed by atoms with Gasteiger partial charge in [-0.3, -0.25) is 0 Å². The molecule has 2 N–H and O–H groups in total. The van der Waals surface area contributed by atoms with Gasteiger partial charge in [-0.25, -0.2) is 18.2 Å². The maximum atomic E-state index is 13.7. The Morgan fingerprint density at radius 2 is 1.84 bits per heavy atom. The second kappa shape index (κ2) is 5.57. The molecule has 2 aromatic rings. The molecule has 0 amide bonds. The predicted octanol–water partition coefficient (Wildman–Crippen LogP) is 3.24. The van der Waals surface area contributed by atoms with Crippen molar-refractivity contribution in [2.24, 2.45) is 5.73 Å². The second-order valence-corrected chi connectivity index (χ2v) is 4.55. The summed E-state index contributed by atoms with van der Waals surface area (Å²) in [5.74, 6) is -3.88. The molecule has 0 unspecified atom stereocenters. The van der Waals surface area contributed by atoms with Gasteiger partial charge in [0.25, 0.3) is 0 Å². The highest BCUT2D eigenvalue weighted by Gasteiger charge is 2.17. The van der Waals surface area contributed by atoms with Gasteiger partial charge in [-0.05, 0) is 50.4 Å². The molecular weight excluding hydrogens is 253 g/mol. The predicted molar refractivity (Wildman–Crippen MR) is 68.3 cm³/mol. The SMILES string of the molecule is Cc1cc(CCCCN)c2cc(F)c(F)c(F)c2n1. The first kappa shape index (κ1) is 13.8. The van der Waals surface area contributed by atoms with E-state index in [1.165, 1.54) is 0 Å². The van der Waals surface area contributed by atoms with E-state index < -0.39 is 17.5 Å². The minimum Gasteiger partial charge on any atom is -0.330 e. The zero-order valence-electron chi connectivity index (χ0n) is 10.6. The van der Waals surface area contributed by atoms with E-state index in [-0.39, 0.29) is 5.52 Å². The third-order valence-electron chi connectivity index (χ3n) is 3.05. The number of benzene rings is 1. The van der Waals surface area contributed by atoms with Crippen LogP contribution in [0.25, 0.3) is 10.9 Å². The Morgan fingerprint density at radius 3 is 2.53 bits per heavy atom. The number of hydrogen-bond acceptors (Lipinski definition) is 2. The minimum atomic E-state index is -1.47. The van der Waals surface area contributed by atoms with Crippen LogP contribution in [-0.4, -0.2) is 11.5 Å². The molecule has 0 aliphatic rings. The number of aryl methyl sites for hydroxylation is 2. The highest BCUT2D eigenvalue weighted by molar-refractivity contribution is 5.83. The zero-order chi connectivity index (χ0) is 14.0. The van der Waals surface area contributed by atoms with Gasteiger partial charge in [0.2, 0.25) is 0 Å². The van der Waals surface area contributed by atoms with Crippen molar-refractivity contribution in [1.29, 1.82) is 0 Å². The maximum absolute atomic E-state index is 13.7. The van der Waals surface area contributed by atoms with Gasteiger partial charge in [-0.2, -0.15) is 0 Å². The van der Waals surface area contributed by atoms with Gasteiger partial charge >= 0.3 is 0 Å². The second-order valence-electron chi connectivity index (χ2n) is 4.55. The van der Waals surface area contributed by atoms with E-state index >= 15 is 0 Å². The monoisotopic (exact) mass is 268 g/mol. The van der Waals surface area contributed by atoms with Gasteiger partial charge in [-0.15, -0.1) is 0 Å². The molecule has 0 bridgehead atoms. The Hall–Kier alpha value is -1.62. The maximum Gasteiger partial charge on any atom is 0.196 e. The van der Waals surface area contributed by atoms with E-state index in [9.17, 15) is 13.2 Å². The highest BCUT2D eigenvalue weighted by Crippen LogP contribution is 2.26. The molecule has 19 heavy (non-hydrogen) atoms. The average Bonchev–Trinajstić information content (AvgIpc) is 2.38. The summed E-state index contributed by atoms with van der Waals surface area (Å²) in [4.78, 5) is 3.96. The van der Waals surface area contributed by atoms with Crippen molar-refractivity contribution in [2.75, 3.05) is 6.54 Å². The summed E-state index contributed by atoms with van der Waals surface area (Å²) in [5.41, 5.74) is 6.67. The standard InChI is InChI=1S/C14H15F3N2/c1-8-6-9(4-2-3-5-18)10-7-11(15)12(16)13(17)14(10)19-8/h6-7H,2-5,18H2,1H3. The molecule has 0 saturated heterocycles. The number of nitrogens with zero attached hydrogens (tertiary/aromatic N) is 1. The quantitative estimate of drug-likeness (QED) is 0.683. The molecule has 102 valence electrons. The van der Waals surface area contributed by atoms with Crippen LogP contribution in [-0.2, 0) is 6.42 Å². The van der Waals surface area contributed by atoms with Crippen molar-refractivity contribution in [2.45, 2.75) is 26.2 Å². The Morgan fingerprint density at radius 1 is 1.11 bits per heavy atom. The zero-order valence-corrected chi connectivity index (χ0v) is 10.6. The number of halogens is 3. The van der Waals surface area contributed by atoms with Crippen molar-refractivity contribution in [3.8, 4) is 0 Å². The van der Waals surface area contributed by atoms with Crippen LogP contribution in [0.1, 0.15) is 24.1 Å². The van der Waals surface area contributed by atoms with Gasteiger partial charge in [-0.1, -0.05) is 0 Å². The lowest BCUT2D eigenvalue weighted by Gasteiger charge is -2.09. The summed E-state index contributed by atoms with van der Waals surface area (Å²) < 4.78 is 40.2. The number of nitrogens with two attached hydrogens (primary N) is 1. The third-order valence-corrected chi connectivity index (χ3v) is 3.05. The van der Waals surface area contributed by atoms with E-state index in [4.69, 9.17) is 5.73 Å². The lowest BCUT2D eigenvalue weighted by atomic mass is 10.0. The molecule has 0 saturated carbocycles. The molecule has 2 rings (SSSR count). The first-order valence-electron chi connectivity index (χ1n) is 6.18. The first-order chi connectivity index (χ1) is 9.04. The van der Waals surface area contributed by atoms with Gasteiger partial charge in [0, 0.05) is 11.1 Å². The van der Waals surface area contributed by atoms with Crippen LogP contribution in [0.5, 0.6) is 0 Å². The number of fused-ring (bicyclic) bond motifs is 1. The van der Waals surface area contributed by atoms with Gasteiger partial charge in [0.05, 0.1) is 0 Å². The molecule has 1 heterocycles. The molecular formula is C14H15F3N2. The minimum absolute atomic E-state index is 0.110. The van der Waals surface area contributed by atoms with E-state index in [1.807, 2.05) is 0 Å². The van der Waals surface area contributed by atoms with Crippen LogP contribution in [0.4, 0.5) is 13.2 Å². The normalized spacial score (nSPS) is 11.2. The van der Waals surface area contributed by atoms with Crippen molar-refractivity contribution < 1.29 is 13.2 Å². The van der Waals surface area contributed by atoms with Crippen LogP contribution in [0, 0.1) is 24.4 Å². The Balaban J connectivity index is 2.57. The van der Waals surface area contributed by atoms with E-state index in [2.05, 4.69) is 4.98 Å². The van der Waals surface area contributed by atoms with E-state index in [0.29, 0.717) is 24.0 Å². The van der Waals surface area contributed by atoms with Crippen molar-refractivity contribution in [3.63, 3.8) is 0 Å². The molecule has 0 fully saturated rings. The van der Waals surface area contributed by atoms with Crippen LogP contribution < -0.4 is 5.73 Å². The Bertz CT molecular complexity index is 611. The van der Waals surface area contributed by atoms with Crippen molar-refractivity contribution in [1.82, 2.24) is 4.98 Å². The molecule has 0 atom stereocenters. The molecule has 1 aromatic carbocycles. The summed E-state index contributed by atoms with van der Waals surface area (Å²) in [6, 6.07) is 2.79. The molecule has 0 aliphatic heterocycles. The smallest absolute Gasteiger partial charge is 0.196 e. The van der Waals surface area contributed by atoms with Crippen LogP contribution in [0.15, 0.2) is 12.1 Å². The fourth-order valence-electron chi connectivity index (χ4n) is 2.14.